The first-order chi connectivity index (χ1) is 10.3. The smallest absolute Gasteiger partial charge is 0.123 e. The fourth-order valence-electron chi connectivity index (χ4n) is 3.12. The minimum absolute atomic E-state index is 0.160. The molecule has 1 aromatic heterocycles. The molecule has 0 saturated heterocycles. The number of H-pyrrole nitrogens is 1. The van der Waals surface area contributed by atoms with Crippen LogP contribution in [0.3, 0.4) is 0 Å². The largest absolute Gasteiger partial charge is 0.382 e. The van der Waals surface area contributed by atoms with Gasteiger partial charge in [-0.1, -0.05) is 12.1 Å². The summed E-state index contributed by atoms with van der Waals surface area (Å²) in [6, 6.07) is 15.9. The number of fused-ring (bicyclic) bond motifs is 1. The van der Waals surface area contributed by atoms with E-state index in [0.29, 0.717) is 12.0 Å². The van der Waals surface area contributed by atoms with Crippen molar-refractivity contribution in [2.24, 2.45) is 0 Å². The second-order valence-electron chi connectivity index (χ2n) is 5.84. The van der Waals surface area contributed by atoms with E-state index in [4.69, 9.17) is 0 Å². The monoisotopic (exact) mass is 280 g/mol. The van der Waals surface area contributed by atoms with Crippen molar-refractivity contribution in [2.45, 2.75) is 24.8 Å². The Morgan fingerprint density at radius 1 is 1.00 bits per heavy atom. The Morgan fingerprint density at radius 2 is 1.81 bits per heavy atom. The Balaban J connectivity index is 1.40. The third kappa shape index (κ3) is 2.40. The lowest BCUT2D eigenvalue weighted by atomic mass is 9.76. The van der Waals surface area contributed by atoms with Crippen LogP contribution in [0.25, 0.3) is 10.9 Å². The van der Waals surface area contributed by atoms with Gasteiger partial charge in [-0.2, -0.15) is 0 Å². The van der Waals surface area contributed by atoms with Crippen molar-refractivity contribution in [3.63, 3.8) is 0 Å². The van der Waals surface area contributed by atoms with Gasteiger partial charge in [0.15, 0.2) is 0 Å². The van der Waals surface area contributed by atoms with Gasteiger partial charge in [0.1, 0.15) is 5.82 Å². The van der Waals surface area contributed by atoms with E-state index in [1.165, 1.54) is 22.2 Å². The highest BCUT2D eigenvalue weighted by molar-refractivity contribution is 5.83. The van der Waals surface area contributed by atoms with Crippen LogP contribution in [0, 0.1) is 5.82 Å². The molecule has 0 bridgehead atoms. The van der Waals surface area contributed by atoms with E-state index in [0.717, 1.165) is 12.8 Å². The van der Waals surface area contributed by atoms with Gasteiger partial charge in [0.2, 0.25) is 0 Å². The second kappa shape index (κ2) is 4.92. The summed E-state index contributed by atoms with van der Waals surface area (Å²) in [7, 11) is 0. The molecule has 1 aliphatic rings. The molecule has 0 atom stereocenters. The van der Waals surface area contributed by atoms with Crippen LogP contribution in [0.15, 0.2) is 54.7 Å². The van der Waals surface area contributed by atoms with Gasteiger partial charge in [-0.25, -0.2) is 4.39 Å². The molecule has 1 saturated carbocycles. The van der Waals surface area contributed by atoms with E-state index in [1.807, 2.05) is 18.3 Å². The molecule has 0 spiro atoms. The van der Waals surface area contributed by atoms with Gasteiger partial charge in [-0.15, -0.1) is 0 Å². The molecule has 2 N–H and O–H groups in total. The Labute approximate surface area is 123 Å². The van der Waals surface area contributed by atoms with E-state index < -0.39 is 0 Å². The number of hydrogen-bond acceptors (Lipinski definition) is 1. The molecule has 4 rings (SSSR count). The maximum atomic E-state index is 12.9. The van der Waals surface area contributed by atoms with Gasteiger partial charge in [-0.3, -0.25) is 0 Å². The molecule has 1 aliphatic carbocycles. The van der Waals surface area contributed by atoms with Crippen molar-refractivity contribution in [3.8, 4) is 0 Å². The highest BCUT2D eigenvalue weighted by Crippen LogP contribution is 2.38. The van der Waals surface area contributed by atoms with Gasteiger partial charge < -0.3 is 10.3 Å². The Morgan fingerprint density at radius 3 is 2.62 bits per heavy atom. The molecule has 2 nitrogen and oxygen atoms in total. The van der Waals surface area contributed by atoms with Gasteiger partial charge in [0.25, 0.3) is 0 Å². The molecule has 0 unspecified atom stereocenters. The number of rotatable bonds is 3. The minimum Gasteiger partial charge on any atom is -0.382 e. The van der Waals surface area contributed by atoms with Crippen LogP contribution in [0.5, 0.6) is 0 Å². The fraction of sp³-hybridized carbons (Fsp3) is 0.222. The molecular formula is C18H17FN2. The zero-order chi connectivity index (χ0) is 14.2. The molecular weight excluding hydrogens is 263 g/mol. The Bertz CT molecular complexity index is 754. The number of nitrogens with one attached hydrogen (secondary N) is 2. The molecule has 1 fully saturated rings. The number of aromatic amines is 1. The lowest BCUT2D eigenvalue weighted by Gasteiger charge is -2.37. The number of anilines is 1. The lowest BCUT2D eigenvalue weighted by Crippen LogP contribution is -2.33. The van der Waals surface area contributed by atoms with Crippen molar-refractivity contribution in [3.05, 3.63) is 66.1 Å². The van der Waals surface area contributed by atoms with Crippen molar-refractivity contribution in [2.75, 3.05) is 5.32 Å². The molecule has 1 heterocycles. The number of halogens is 1. The first-order valence-corrected chi connectivity index (χ1v) is 7.37. The second-order valence-corrected chi connectivity index (χ2v) is 5.84. The first kappa shape index (κ1) is 12.5. The third-order valence-corrected chi connectivity index (χ3v) is 4.40. The maximum Gasteiger partial charge on any atom is 0.123 e. The maximum absolute atomic E-state index is 12.9. The summed E-state index contributed by atoms with van der Waals surface area (Å²) in [5.41, 5.74) is 3.58. The summed E-state index contributed by atoms with van der Waals surface area (Å²) < 4.78 is 12.9. The quantitative estimate of drug-likeness (QED) is 0.717. The Hall–Kier alpha value is -2.29. The predicted molar refractivity (Wildman–Crippen MR) is 84.1 cm³/mol. The van der Waals surface area contributed by atoms with Crippen LogP contribution < -0.4 is 5.32 Å². The molecule has 3 heteroatoms. The molecule has 3 aromatic rings. The molecule has 2 aromatic carbocycles. The number of benzene rings is 2. The van der Waals surface area contributed by atoms with Crippen molar-refractivity contribution in [1.29, 1.82) is 0 Å². The summed E-state index contributed by atoms with van der Waals surface area (Å²) in [5, 5.41) is 4.81. The van der Waals surface area contributed by atoms with E-state index in [1.54, 1.807) is 12.1 Å². The summed E-state index contributed by atoms with van der Waals surface area (Å²) >= 11 is 0. The van der Waals surface area contributed by atoms with Crippen molar-refractivity contribution in [1.82, 2.24) is 4.98 Å². The zero-order valence-corrected chi connectivity index (χ0v) is 11.6. The summed E-state index contributed by atoms with van der Waals surface area (Å²) in [6.45, 7) is 0. The summed E-state index contributed by atoms with van der Waals surface area (Å²) in [4.78, 5) is 3.20. The molecule has 106 valence electrons. The number of aromatic nitrogens is 1. The van der Waals surface area contributed by atoms with Gasteiger partial charge in [0.05, 0.1) is 0 Å². The fourth-order valence-corrected chi connectivity index (χ4v) is 3.12. The lowest BCUT2D eigenvalue weighted by molar-refractivity contribution is 0.374. The Kier molecular flexibility index (Phi) is 2.92. The molecule has 21 heavy (non-hydrogen) atoms. The van der Waals surface area contributed by atoms with Gasteiger partial charge >= 0.3 is 0 Å². The third-order valence-electron chi connectivity index (χ3n) is 4.40. The summed E-state index contributed by atoms with van der Waals surface area (Å²) in [6.07, 6.45) is 4.18. The SMILES string of the molecule is Fc1ccc(C2CC(Nc3ccc4[nH]ccc4c3)C2)cc1. The predicted octanol–water partition coefficient (Wildman–Crippen LogP) is 4.67. The van der Waals surface area contributed by atoms with Crippen LogP contribution >= 0.6 is 0 Å². The van der Waals surface area contributed by atoms with E-state index in [2.05, 4.69) is 34.6 Å². The molecule has 0 radical (unpaired) electrons. The average molecular weight is 280 g/mol. The van der Waals surface area contributed by atoms with Crippen LogP contribution in [-0.4, -0.2) is 11.0 Å². The highest BCUT2D eigenvalue weighted by Gasteiger charge is 2.30. The average Bonchev–Trinajstić information content (AvgIpc) is 2.91. The highest BCUT2D eigenvalue weighted by atomic mass is 19.1. The minimum atomic E-state index is -0.160. The van der Waals surface area contributed by atoms with E-state index in [9.17, 15) is 4.39 Å². The normalized spacial score (nSPS) is 21.2. The topological polar surface area (TPSA) is 27.8 Å². The summed E-state index contributed by atoms with van der Waals surface area (Å²) in [5.74, 6) is 0.395. The van der Waals surface area contributed by atoms with Crippen LogP contribution in [-0.2, 0) is 0 Å². The first-order valence-electron chi connectivity index (χ1n) is 7.37. The van der Waals surface area contributed by atoms with Crippen LogP contribution in [0.4, 0.5) is 10.1 Å². The standard InChI is InChI=1S/C18H17FN2/c19-15-3-1-12(2-4-15)14-10-17(11-14)21-16-5-6-18-13(9-16)7-8-20-18/h1-9,14,17,20-21H,10-11H2. The molecule has 0 amide bonds. The van der Waals surface area contributed by atoms with E-state index in [-0.39, 0.29) is 5.82 Å². The van der Waals surface area contributed by atoms with Crippen LogP contribution in [0.2, 0.25) is 0 Å². The van der Waals surface area contributed by atoms with Crippen molar-refractivity contribution < 1.29 is 4.39 Å². The zero-order valence-electron chi connectivity index (χ0n) is 11.6. The van der Waals surface area contributed by atoms with E-state index >= 15 is 0 Å². The molecule has 0 aliphatic heterocycles. The van der Waals surface area contributed by atoms with Crippen molar-refractivity contribution >= 4 is 16.6 Å². The van der Waals surface area contributed by atoms with Gasteiger partial charge in [0, 0.05) is 28.8 Å². The number of hydrogen-bond donors (Lipinski definition) is 2. The van der Waals surface area contributed by atoms with Crippen LogP contribution in [0.1, 0.15) is 24.3 Å². The van der Waals surface area contributed by atoms with Gasteiger partial charge in [-0.05, 0) is 60.7 Å².